The van der Waals surface area contributed by atoms with E-state index in [2.05, 4.69) is 22.1 Å². The number of aromatic nitrogens is 3. The van der Waals surface area contributed by atoms with Gasteiger partial charge in [0.2, 0.25) is 11.8 Å². The molecule has 0 fully saturated rings. The van der Waals surface area contributed by atoms with Crippen molar-refractivity contribution in [3.05, 3.63) is 42.4 Å². The number of carbonyl (C=O) groups excluding carboxylic acids is 2. The van der Waals surface area contributed by atoms with Gasteiger partial charge in [-0.05, 0) is 18.2 Å². The molecule has 0 aliphatic heterocycles. The number of fused-ring (bicyclic) bond motifs is 1. The van der Waals surface area contributed by atoms with E-state index in [1.807, 2.05) is 0 Å². The Hall–Kier alpha value is -2.91. The van der Waals surface area contributed by atoms with E-state index in [0.717, 1.165) is 27.6 Å². The van der Waals surface area contributed by atoms with Gasteiger partial charge in [0.15, 0.2) is 11.5 Å². The summed E-state index contributed by atoms with van der Waals surface area (Å²) in [7, 11) is 1.42. The van der Waals surface area contributed by atoms with E-state index in [1.165, 1.54) is 13.1 Å². The average Bonchev–Trinajstić information content (AvgIpc) is 2.93. The van der Waals surface area contributed by atoms with Crippen molar-refractivity contribution < 1.29 is 22.8 Å². The molecule has 0 saturated heterocycles. The zero-order valence-electron chi connectivity index (χ0n) is 12.7. The van der Waals surface area contributed by atoms with Crippen LogP contribution in [0.3, 0.4) is 0 Å². The van der Waals surface area contributed by atoms with E-state index in [0.29, 0.717) is 0 Å². The van der Waals surface area contributed by atoms with Gasteiger partial charge in [0, 0.05) is 13.2 Å². The average molecular weight is 341 g/mol. The number of hydrogen-bond acceptors (Lipinski definition) is 4. The van der Waals surface area contributed by atoms with Crippen molar-refractivity contribution in [1.29, 1.82) is 0 Å². The standard InChI is InChI=1S/C14H14F3N5O2/c1-3-13(24)21(2)8-12(23)18-6-11-20-19-10-5-4-9(7-22(10)11)14(15,16)17/h3-5,7H,1,6,8H2,2H3,(H,18,23). The second kappa shape index (κ2) is 6.69. The van der Waals surface area contributed by atoms with Crippen LogP contribution in [0.1, 0.15) is 11.4 Å². The molecule has 7 nitrogen and oxygen atoms in total. The van der Waals surface area contributed by atoms with Gasteiger partial charge < -0.3 is 10.2 Å². The summed E-state index contributed by atoms with van der Waals surface area (Å²) in [6.07, 6.45) is -2.56. The molecule has 2 amide bonds. The fourth-order valence-electron chi connectivity index (χ4n) is 1.91. The van der Waals surface area contributed by atoms with Gasteiger partial charge in [0.25, 0.3) is 0 Å². The molecule has 2 rings (SSSR count). The summed E-state index contributed by atoms with van der Waals surface area (Å²) in [6.45, 7) is 2.96. The lowest BCUT2D eigenvalue weighted by molar-refractivity contribution is -0.137. The van der Waals surface area contributed by atoms with E-state index in [-0.39, 0.29) is 24.6 Å². The molecule has 0 aliphatic carbocycles. The zero-order chi connectivity index (χ0) is 17.9. The maximum Gasteiger partial charge on any atom is 0.417 e. The smallest absolute Gasteiger partial charge is 0.347 e. The van der Waals surface area contributed by atoms with Crippen LogP contribution in [0, 0.1) is 0 Å². The number of alkyl halides is 3. The molecular formula is C14H14F3N5O2. The predicted octanol–water partition coefficient (Wildman–Crippen LogP) is 1.01. The number of likely N-dealkylation sites (N-methyl/N-ethyl adjacent to an activating group) is 1. The molecule has 10 heteroatoms. The van der Waals surface area contributed by atoms with Gasteiger partial charge in [-0.25, -0.2) is 0 Å². The van der Waals surface area contributed by atoms with Crippen LogP contribution in [-0.4, -0.2) is 44.9 Å². The minimum absolute atomic E-state index is 0.128. The van der Waals surface area contributed by atoms with Gasteiger partial charge in [0.1, 0.15) is 0 Å². The third kappa shape index (κ3) is 3.89. The summed E-state index contributed by atoms with van der Waals surface area (Å²) < 4.78 is 39.4. The van der Waals surface area contributed by atoms with Crippen LogP contribution >= 0.6 is 0 Å². The van der Waals surface area contributed by atoms with E-state index in [1.54, 1.807) is 0 Å². The van der Waals surface area contributed by atoms with Crippen molar-refractivity contribution in [3.63, 3.8) is 0 Å². The Bertz CT molecular complexity index is 784. The molecule has 2 heterocycles. The minimum atomic E-state index is -4.49. The molecule has 0 saturated carbocycles. The lowest BCUT2D eigenvalue weighted by Crippen LogP contribution is -2.37. The molecule has 1 N–H and O–H groups in total. The monoisotopic (exact) mass is 341 g/mol. The highest BCUT2D eigenvalue weighted by molar-refractivity contribution is 5.90. The van der Waals surface area contributed by atoms with Crippen LogP contribution in [0.4, 0.5) is 13.2 Å². The SMILES string of the molecule is C=CC(=O)N(C)CC(=O)NCc1nnc2ccc(C(F)(F)F)cn12. The van der Waals surface area contributed by atoms with Crippen molar-refractivity contribution in [2.75, 3.05) is 13.6 Å². The molecule has 0 radical (unpaired) electrons. The Morgan fingerprint density at radius 3 is 2.71 bits per heavy atom. The van der Waals surface area contributed by atoms with Crippen LogP contribution in [0.25, 0.3) is 5.65 Å². The Labute approximate surface area is 134 Å². The van der Waals surface area contributed by atoms with Gasteiger partial charge >= 0.3 is 6.18 Å². The molecule has 0 aromatic carbocycles. The summed E-state index contributed by atoms with van der Waals surface area (Å²) in [5.74, 6) is -0.772. The number of carbonyl (C=O) groups is 2. The number of rotatable bonds is 5. The first kappa shape index (κ1) is 17.4. The quantitative estimate of drug-likeness (QED) is 0.823. The molecule has 0 aliphatic rings. The first-order chi connectivity index (χ1) is 11.2. The number of nitrogens with zero attached hydrogens (tertiary/aromatic N) is 4. The first-order valence-corrected chi connectivity index (χ1v) is 6.77. The highest BCUT2D eigenvalue weighted by Gasteiger charge is 2.31. The maximum atomic E-state index is 12.8. The fourth-order valence-corrected chi connectivity index (χ4v) is 1.91. The molecular weight excluding hydrogens is 327 g/mol. The van der Waals surface area contributed by atoms with Crippen molar-refractivity contribution in [2.24, 2.45) is 0 Å². The van der Waals surface area contributed by atoms with E-state index < -0.39 is 23.6 Å². The molecule has 0 spiro atoms. The van der Waals surface area contributed by atoms with Crippen LogP contribution in [0.15, 0.2) is 31.0 Å². The normalized spacial score (nSPS) is 11.3. The topological polar surface area (TPSA) is 79.6 Å². The number of nitrogens with one attached hydrogen (secondary N) is 1. The molecule has 128 valence electrons. The van der Waals surface area contributed by atoms with Crippen molar-refractivity contribution in [2.45, 2.75) is 12.7 Å². The summed E-state index contributed by atoms with van der Waals surface area (Å²) in [6, 6.07) is 2.10. The predicted molar refractivity (Wildman–Crippen MR) is 77.7 cm³/mol. The van der Waals surface area contributed by atoms with Gasteiger partial charge in [-0.3, -0.25) is 14.0 Å². The van der Waals surface area contributed by atoms with Crippen LogP contribution < -0.4 is 5.32 Å². The Balaban J connectivity index is 2.09. The number of halogens is 3. The van der Waals surface area contributed by atoms with Gasteiger partial charge in [-0.2, -0.15) is 13.2 Å². The van der Waals surface area contributed by atoms with Crippen LogP contribution in [-0.2, 0) is 22.3 Å². The highest BCUT2D eigenvalue weighted by atomic mass is 19.4. The lowest BCUT2D eigenvalue weighted by atomic mass is 10.3. The summed E-state index contributed by atoms with van der Waals surface area (Å²) in [4.78, 5) is 24.2. The zero-order valence-corrected chi connectivity index (χ0v) is 12.7. The third-order valence-corrected chi connectivity index (χ3v) is 3.18. The van der Waals surface area contributed by atoms with Crippen molar-refractivity contribution in [1.82, 2.24) is 24.8 Å². The highest BCUT2D eigenvalue weighted by Crippen LogP contribution is 2.29. The lowest BCUT2D eigenvalue weighted by Gasteiger charge is -2.14. The number of amides is 2. The van der Waals surface area contributed by atoms with Gasteiger partial charge in [0.05, 0.1) is 18.7 Å². The van der Waals surface area contributed by atoms with Crippen molar-refractivity contribution >= 4 is 17.5 Å². The molecule has 0 bridgehead atoms. The largest absolute Gasteiger partial charge is 0.417 e. The molecule has 2 aromatic rings. The second-order valence-electron chi connectivity index (χ2n) is 4.94. The summed E-state index contributed by atoms with van der Waals surface area (Å²) >= 11 is 0. The summed E-state index contributed by atoms with van der Waals surface area (Å²) in [5.41, 5.74) is -0.620. The van der Waals surface area contributed by atoms with Crippen molar-refractivity contribution in [3.8, 4) is 0 Å². The van der Waals surface area contributed by atoms with Gasteiger partial charge in [-0.1, -0.05) is 6.58 Å². The van der Waals surface area contributed by atoms with Gasteiger partial charge in [-0.15, -0.1) is 10.2 Å². The molecule has 0 unspecified atom stereocenters. The van der Waals surface area contributed by atoms with Crippen LogP contribution in [0.2, 0.25) is 0 Å². The number of pyridine rings is 1. The first-order valence-electron chi connectivity index (χ1n) is 6.77. The fraction of sp³-hybridized carbons (Fsp3) is 0.286. The maximum absolute atomic E-state index is 12.8. The Kier molecular flexibility index (Phi) is 4.86. The van der Waals surface area contributed by atoms with E-state index >= 15 is 0 Å². The Morgan fingerprint density at radius 1 is 1.38 bits per heavy atom. The summed E-state index contributed by atoms with van der Waals surface area (Å²) in [5, 5.41) is 9.97. The molecule has 24 heavy (non-hydrogen) atoms. The van der Waals surface area contributed by atoms with E-state index in [4.69, 9.17) is 0 Å². The van der Waals surface area contributed by atoms with Crippen LogP contribution in [0.5, 0.6) is 0 Å². The molecule has 2 aromatic heterocycles. The third-order valence-electron chi connectivity index (χ3n) is 3.18. The Morgan fingerprint density at radius 2 is 2.08 bits per heavy atom. The minimum Gasteiger partial charge on any atom is -0.347 e. The molecule has 0 atom stereocenters. The second-order valence-corrected chi connectivity index (χ2v) is 4.94. The van der Waals surface area contributed by atoms with E-state index in [9.17, 15) is 22.8 Å². The number of hydrogen-bond donors (Lipinski definition) is 1.